The van der Waals surface area contributed by atoms with Crippen LogP contribution >= 0.6 is 11.8 Å². The summed E-state index contributed by atoms with van der Waals surface area (Å²) in [5, 5.41) is 10.9. The Kier molecular flexibility index (Phi) is 8.51. The fourth-order valence-corrected chi connectivity index (χ4v) is 5.26. The first kappa shape index (κ1) is 24.4. The van der Waals surface area contributed by atoms with Gasteiger partial charge in [0.25, 0.3) is 0 Å². The molecule has 1 N–H and O–H groups in total. The van der Waals surface area contributed by atoms with E-state index in [9.17, 15) is 24.3 Å². The van der Waals surface area contributed by atoms with Gasteiger partial charge in [-0.25, -0.2) is 0 Å². The second kappa shape index (κ2) is 10.5. The van der Waals surface area contributed by atoms with Crippen LogP contribution in [0.25, 0.3) is 0 Å². The van der Waals surface area contributed by atoms with E-state index < -0.39 is 58.5 Å². The summed E-state index contributed by atoms with van der Waals surface area (Å²) in [6, 6.07) is 0. The summed E-state index contributed by atoms with van der Waals surface area (Å²) in [7, 11) is 0. The number of hydrogen-bond acceptors (Lipinski definition) is 11. The van der Waals surface area contributed by atoms with Crippen LogP contribution in [-0.2, 0) is 42.9 Å². The topological polar surface area (TPSA) is 135 Å². The van der Waals surface area contributed by atoms with E-state index >= 15 is 0 Å². The monoisotopic (exact) mass is 448 g/mol. The third-order valence-electron chi connectivity index (χ3n) is 4.73. The highest BCUT2D eigenvalue weighted by molar-refractivity contribution is 8.01. The Morgan fingerprint density at radius 1 is 0.933 bits per heavy atom. The third-order valence-corrected chi connectivity index (χ3v) is 6.31. The molecule has 0 bridgehead atoms. The molecule has 2 aliphatic heterocycles. The lowest BCUT2D eigenvalue weighted by atomic mass is 9.91. The molecule has 0 spiro atoms. The Labute approximate surface area is 178 Å². The molecule has 6 atom stereocenters. The summed E-state index contributed by atoms with van der Waals surface area (Å²) >= 11 is 0.921. The van der Waals surface area contributed by atoms with Crippen molar-refractivity contribution in [1.29, 1.82) is 0 Å². The van der Waals surface area contributed by atoms with E-state index in [-0.39, 0.29) is 6.61 Å². The van der Waals surface area contributed by atoms with Gasteiger partial charge in [-0.2, -0.15) is 0 Å². The molecule has 10 nitrogen and oxygen atoms in total. The maximum Gasteiger partial charge on any atom is 0.303 e. The van der Waals surface area contributed by atoms with E-state index in [1.165, 1.54) is 13.8 Å². The summed E-state index contributed by atoms with van der Waals surface area (Å²) in [4.78, 5) is 44.9. The first-order chi connectivity index (χ1) is 14.0. The molecular weight excluding hydrogens is 420 g/mol. The number of carbonyl (C=O) groups excluding carboxylic acids is 4. The zero-order chi connectivity index (χ0) is 22.5. The van der Waals surface area contributed by atoms with Gasteiger partial charge in [0, 0.05) is 34.3 Å². The second-order valence-corrected chi connectivity index (χ2v) is 8.74. The molecule has 0 saturated carbocycles. The van der Waals surface area contributed by atoms with Crippen LogP contribution in [0.3, 0.4) is 0 Å². The molecule has 2 unspecified atom stereocenters. The van der Waals surface area contributed by atoms with Crippen LogP contribution in [0, 0.1) is 0 Å². The molecule has 2 saturated heterocycles. The van der Waals surface area contributed by atoms with Crippen molar-refractivity contribution in [3.63, 3.8) is 0 Å². The predicted octanol–water partition coefficient (Wildman–Crippen LogP) is 0.718. The van der Waals surface area contributed by atoms with Crippen LogP contribution in [0.2, 0.25) is 0 Å². The maximum atomic E-state index is 11.8. The number of thioether (sulfide) groups is 1. The van der Waals surface area contributed by atoms with E-state index in [0.717, 1.165) is 38.5 Å². The highest BCUT2D eigenvalue weighted by atomic mass is 32.2. The van der Waals surface area contributed by atoms with Gasteiger partial charge in [0.15, 0.2) is 23.2 Å². The van der Waals surface area contributed by atoms with E-state index in [1.807, 2.05) is 0 Å². The van der Waals surface area contributed by atoms with Gasteiger partial charge in [-0.05, 0) is 19.3 Å². The molecule has 2 heterocycles. The van der Waals surface area contributed by atoms with Gasteiger partial charge in [0.05, 0.1) is 11.4 Å². The number of rotatable bonds is 6. The van der Waals surface area contributed by atoms with E-state index in [4.69, 9.17) is 23.7 Å². The molecule has 2 rings (SSSR count). The Balaban J connectivity index is 2.50. The number of carbonyl (C=O) groups is 4. The van der Waals surface area contributed by atoms with E-state index in [0.29, 0.717) is 13.0 Å². The predicted molar refractivity (Wildman–Crippen MR) is 103 cm³/mol. The normalized spacial score (nSPS) is 33.8. The standard InChI is InChI=1S/C19H28O10S/c1-10(20)26-9-14-16(27-11(2)21)17(28-12(3)22)18(29-13(4)23)19(24,30-14)15-7-5-6-8-25-15/h14-18,24H,5-9H2,1-4H3/t14-,15?,16-,17+,18-,19?/m1/s1. The van der Waals surface area contributed by atoms with E-state index in [2.05, 4.69) is 0 Å². The SMILES string of the molecule is CC(=O)OC[C@H]1SC(O)(C2CCCCO2)[C@H](OC(C)=O)[C@@H](OC(C)=O)[C@@H]1OC(C)=O. The van der Waals surface area contributed by atoms with Gasteiger partial charge < -0.3 is 28.8 Å². The molecule has 2 fully saturated rings. The highest BCUT2D eigenvalue weighted by Gasteiger charge is 2.62. The minimum atomic E-state index is -1.83. The van der Waals surface area contributed by atoms with Crippen LogP contribution < -0.4 is 0 Å². The average Bonchev–Trinajstić information content (AvgIpc) is 2.65. The zero-order valence-corrected chi connectivity index (χ0v) is 18.3. The molecule has 0 aliphatic carbocycles. The van der Waals surface area contributed by atoms with Crippen molar-refractivity contribution in [1.82, 2.24) is 0 Å². The van der Waals surface area contributed by atoms with Crippen molar-refractivity contribution in [3.8, 4) is 0 Å². The first-order valence-corrected chi connectivity index (χ1v) is 10.6. The van der Waals surface area contributed by atoms with Crippen molar-refractivity contribution in [2.24, 2.45) is 0 Å². The molecule has 0 amide bonds. The molecule has 0 aromatic heterocycles. The molecule has 0 radical (unpaired) electrons. The van der Waals surface area contributed by atoms with Crippen molar-refractivity contribution >= 4 is 35.6 Å². The third kappa shape index (κ3) is 6.08. The Hall–Kier alpha value is -1.85. The van der Waals surface area contributed by atoms with Crippen molar-refractivity contribution in [2.45, 2.75) is 81.6 Å². The van der Waals surface area contributed by atoms with E-state index in [1.54, 1.807) is 0 Å². The highest BCUT2D eigenvalue weighted by Crippen LogP contribution is 2.48. The van der Waals surface area contributed by atoms with Gasteiger partial charge in [0.2, 0.25) is 0 Å². The summed E-state index contributed by atoms with van der Waals surface area (Å²) in [6.45, 7) is 4.87. The summed E-state index contributed by atoms with van der Waals surface area (Å²) < 4.78 is 27.0. The number of esters is 4. The summed E-state index contributed by atoms with van der Waals surface area (Å²) in [5.41, 5.74) is 0. The van der Waals surface area contributed by atoms with Crippen molar-refractivity contribution in [2.75, 3.05) is 13.2 Å². The Bertz CT molecular complexity index is 662. The van der Waals surface area contributed by atoms with Crippen LogP contribution in [-0.4, -0.2) is 76.8 Å². The smallest absolute Gasteiger partial charge is 0.303 e. The number of aliphatic hydroxyl groups is 1. The lowest BCUT2D eigenvalue weighted by molar-refractivity contribution is -0.216. The quantitative estimate of drug-likeness (QED) is 0.455. The van der Waals surface area contributed by atoms with Crippen LogP contribution in [0.5, 0.6) is 0 Å². The summed E-state index contributed by atoms with van der Waals surface area (Å²) in [5.74, 6) is -2.68. The molecule has 0 aromatic rings. The minimum Gasteiger partial charge on any atom is -0.465 e. The maximum absolute atomic E-state index is 11.8. The lowest BCUT2D eigenvalue weighted by Crippen LogP contribution is -2.67. The molecular formula is C19H28O10S. The minimum absolute atomic E-state index is 0.225. The molecule has 170 valence electrons. The fourth-order valence-electron chi connectivity index (χ4n) is 3.64. The zero-order valence-electron chi connectivity index (χ0n) is 17.5. The van der Waals surface area contributed by atoms with Gasteiger partial charge in [-0.3, -0.25) is 19.2 Å². The lowest BCUT2D eigenvalue weighted by Gasteiger charge is -2.51. The van der Waals surface area contributed by atoms with Crippen LogP contribution in [0.15, 0.2) is 0 Å². The second-order valence-electron chi connectivity index (χ2n) is 7.24. The van der Waals surface area contributed by atoms with Gasteiger partial charge in [0.1, 0.15) is 6.61 Å². The van der Waals surface area contributed by atoms with Crippen LogP contribution in [0.4, 0.5) is 0 Å². The van der Waals surface area contributed by atoms with Gasteiger partial charge >= 0.3 is 23.9 Å². The molecule has 0 aromatic carbocycles. The molecule has 2 aliphatic rings. The summed E-state index contributed by atoms with van der Waals surface area (Å²) in [6.07, 6.45) is -2.50. The van der Waals surface area contributed by atoms with Gasteiger partial charge in [-0.15, -0.1) is 11.8 Å². The van der Waals surface area contributed by atoms with Crippen molar-refractivity contribution in [3.05, 3.63) is 0 Å². The first-order valence-electron chi connectivity index (χ1n) is 9.71. The average molecular weight is 448 g/mol. The molecule has 11 heteroatoms. The molecule has 30 heavy (non-hydrogen) atoms. The fraction of sp³-hybridized carbons (Fsp3) is 0.789. The van der Waals surface area contributed by atoms with Crippen LogP contribution in [0.1, 0.15) is 47.0 Å². The Morgan fingerprint density at radius 2 is 1.53 bits per heavy atom. The largest absolute Gasteiger partial charge is 0.465 e. The number of hydrogen-bond donors (Lipinski definition) is 1. The van der Waals surface area contributed by atoms with Gasteiger partial charge in [-0.1, -0.05) is 0 Å². The Morgan fingerprint density at radius 3 is 2.03 bits per heavy atom. The number of ether oxygens (including phenoxy) is 5. The van der Waals surface area contributed by atoms with Crippen molar-refractivity contribution < 1.29 is 48.0 Å².